The molecule has 1 amide bonds. The molecule has 2 aromatic rings. The summed E-state index contributed by atoms with van der Waals surface area (Å²) in [7, 11) is 0. The Morgan fingerprint density at radius 3 is 2.27 bits per heavy atom. The van der Waals surface area contributed by atoms with Crippen LogP contribution in [0.4, 0.5) is 5.69 Å². The number of amides is 1. The first kappa shape index (κ1) is 19.8. The van der Waals surface area contributed by atoms with Crippen molar-refractivity contribution in [2.24, 2.45) is 0 Å². The van der Waals surface area contributed by atoms with E-state index < -0.39 is 18.0 Å². The predicted molar refractivity (Wildman–Crippen MR) is 103 cm³/mol. The Balaban J connectivity index is 1.84. The summed E-state index contributed by atoms with van der Waals surface area (Å²) in [5.74, 6) is -1.04. The number of hydrogen-bond donors (Lipinski definition) is 1. The van der Waals surface area contributed by atoms with E-state index in [0.29, 0.717) is 4.88 Å². The van der Waals surface area contributed by atoms with Gasteiger partial charge in [-0.1, -0.05) is 18.2 Å². The maximum absolute atomic E-state index is 12.3. The molecule has 138 valence electrons. The van der Waals surface area contributed by atoms with Gasteiger partial charge in [-0.3, -0.25) is 14.4 Å². The topological polar surface area (TPSA) is 72.5 Å². The molecule has 0 radical (unpaired) electrons. The van der Waals surface area contributed by atoms with E-state index >= 15 is 0 Å². The van der Waals surface area contributed by atoms with Gasteiger partial charge in [0.05, 0.1) is 11.3 Å². The molecule has 26 heavy (non-hydrogen) atoms. The minimum Gasteiger partial charge on any atom is -0.453 e. The van der Waals surface area contributed by atoms with Gasteiger partial charge in [0, 0.05) is 17.0 Å². The van der Waals surface area contributed by atoms with Crippen LogP contribution in [-0.2, 0) is 14.3 Å². The van der Waals surface area contributed by atoms with Crippen molar-refractivity contribution < 1.29 is 19.1 Å². The van der Waals surface area contributed by atoms with E-state index in [4.69, 9.17) is 4.74 Å². The molecule has 5 nitrogen and oxygen atoms in total. The fourth-order valence-corrected chi connectivity index (χ4v) is 3.30. The minimum absolute atomic E-state index is 0.0448. The second-order valence-electron chi connectivity index (χ2n) is 6.22. The Morgan fingerprint density at radius 1 is 1.04 bits per heavy atom. The molecule has 0 aliphatic heterocycles. The molecule has 1 aromatic heterocycles. The summed E-state index contributed by atoms with van der Waals surface area (Å²) in [6, 6.07) is 9.34. The minimum atomic E-state index is -0.930. The van der Waals surface area contributed by atoms with Crippen molar-refractivity contribution >= 4 is 34.7 Å². The number of ether oxygens (including phenoxy) is 1. The number of benzene rings is 1. The van der Waals surface area contributed by atoms with Crippen molar-refractivity contribution in [3.63, 3.8) is 0 Å². The van der Waals surface area contributed by atoms with Crippen LogP contribution in [0.2, 0.25) is 0 Å². The third-order valence-corrected chi connectivity index (χ3v) is 5.02. The summed E-state index contributed by atoms with van der Waals surface area (Å²) in [5.41, 5.74) is 2.60. The first-order valence-electron chi connectivity index (χ1n) is 8.44. The zero-order valence-electron chi connectivity index (χ0n) is 15.4. The van der Waals surface area contributed by atoms with Crippen molar-refractivity contribution in [2.75, 3.05) is 5.32 Å². The summed E-state index contributed by atoms with van der Waals surface area (Å²) >= 11 is 1.40. The van der Waals surface area contributed by atoms with Gasteiger partial charge in [-0.05, 0) is 51.0 Å². The lowest BCUT2D eigenvalue weighted by Crippen LogP contribution is -2.30. The number of hydrogen-bond acceptors (Lipinski definition) is 5. The van der Waals surface area contributed by atoms with Gasteiger partial charge in [0.15, 0.2) is 11.9 Å². The lowest BCUT2D eigenvalue weighted by molar-refractivity contribution is -0.153. The lowest BCUT2D eigenvalue weighted by Gasteiger charge is -2.16. The molecule has 0 spiro atoms. The number of carbonyl (C=O) groups excluding carboxylic acids is 3. The van der Waals surface area contributed by atoms with Crippen LogP contribution in [0.25, 0.3) is 0 Å². The molecule has 1 N–H and O–H groups in total. The number of esters is 1. The Hall–Kier alpha value is -2.47. The average molecular weight is 373 g/mol. The summed E-state index contributed by atoms with van der Waals surface area (Å²) in [6.07, 6.45) is -0.901. The summed E-state index contributed by atoms with van der Waals surface area (Å²) in [4.78, 5) is 37.9. The van der Waals surface area contributed by atoms with E-state index in [0.717, 1.165) is 21.7 Å². The van der Waals surface area contributed by atoms with Crippen LogP contribution < -0.4 is 5.32 Å². The second-order valence-corrected chi connectivity index (χ2v) is 7.51. The number of carbonyl (C=O) groups is 3. The second kappa shape index (κ2) is 8.76. The molecule has 0 fully saturated rings. The maximum atomic E-state index is 12.3. The Bertz CT molecular complexity index is 805. The first-order chi connectivity index (χ1) is 12.3. The van der Waals surface area contributed by atoms with Gasteiger partial charge < -0.3 is 10.1 Å². The molecule has 1 aromatic carbocycles. The van der Waals surface area contributed by atoms with Crippen LogP contribution in [0.15, 0.2) is 30.3 Å². The summed E-state index contributed by atoms with van der Waals surface area (Å²) < 4.78 is 5.16. The van der Waals surface area contributed by atoms with Crippen LogP contribution in [0, 0.1) is 20.8 Å². The highest BCUT2D eigenvalue weighted by Gasteiger charge is 2.20. The molecule has 0 aliphatic rings. The average Bonchev–Trinajstić information content (AvgIpc) is 3.02. The van der Waals surface area contributed by atoms with Crippen LogP contribution in [0.3, 0.4) is 0 Å². The normalized spacial score (nSPS) is 11.7. The summed E-state index contributed by atoms with van der Waals surface area (Å²) in [5, 5.41) is 2.80. The molecule has 0 saturated heterocycles. The highest BCUT2D eigenvalue weighted by molar-refractivity contribution is 7.14. The molecule has 0 saturated carbocycles. The number of Topliss-reactive ketones (excluding diaryl/α,β-unsaturated/α-hetero) is 1. The number of rotatable bonds is 7. The smallest absolute Gasteiger partial charge is 0.307 e. The highest BCUT2D eigenvalue weighted by atomic mass is 32.1. The van der Waals surface area contributed by atoms with E-state index in [1.165, 1.54) is 18.3 Å². The molecule has 6 heteroatoms. The molecule has 1 heterocycles. The van der Waals surface area contributed by atoms with Crippen molar-refractivity contribution in [3.05, 3.63) is 51.2 Å². The molecule has 1 atom stereocenters. The lowest BCUT2D eigenvalue weighted by atomic mass is 10.1. The van der Waals surface area contributed by atoms with Crippen LogP contribution in [0.5, 0.6) is 0 Å². The predicted octanol–water partition coefficient (Wildman–Crippen LogP) is 4.21. The van der Waals surface area contributed by atoms with E-state index in [9.17, 15) is 14.4 Å². The standard InChI is InChI=1S/C20H23NO4S/c1-12-6-5-7-13(2)19(12)21-20(24)15(4)25-18(23)11-9-16(22)17-10-8-14(3)26-17/h5-8,10,15H,9,11H2,1-4H3,(H,21,24). The van der Waals surface area contributed by atoms with Crippen molar-refractivity contribution in [3.8, 4) is 0 Å². The maximum Gasteiger partial charge on any atom is 0.307 e. The van der Waals surface area contributed by atoms with Gasteiger partial charge in [0.1, 0.15) is 0 Å². The fourth-order valence-electron chi connectivity index (χ4n) is 2.47. The molecular weight excluding hydrogens is 350 g/mol. The van der Waals surface area contributed by atoms with E-state index in [2.05, 4.69) is 5.32 Å². The largest absolute Gasteiger partial charge is 0.453 e. The van der Waals surface area contributed by atoms with Gasteiger partial charge in [0.2, 0.25) is 0 Å². The van der Waals surface area contributed by atoms with Crippen LogP contribution in [-0.4, -0.2) is 23.8 Å². The van der Waals surface area contributed by atoms with Crippen LogP contribution in [0.1, 0.15) is 45.4 Å². The molecule has 2 rings (SSSR count). The van der Waals surface area contributed by atoms with Gasteiger partial charge in [-0.15, -0.1) is 11.3 Å². The SMILES string of the molecule is Cc1ccc(C(=O)CCC(=O)OC(C)C(=O)Nc2c(C)cccc2C)s1. The van der Waals surface area contributed by atoms with Crippen molar-refractivity contribution in [1.29, 1.82) is 0 Å². The number of ketones is 1. The molecule has 0 aliphatic carbocycles. The van der Waals surface area contributed by atoms with E-state index in [1.54, 1.807) is 6.07 Å². The number of anilines is 1. The third kappa shape index (κ3) is 5.26. The van der Waals surface area contributed by atoms with Crippen molar-refractivity contribution in [2.45, 2.75) is 46.6 Å². The Kier molecular flexibility index (Phi) is 6.69. The molecular formula is C20H23NO4S. The Labute approximate surface area is 157 Å². The number of nitrogens with one attached hydrogen (secondary N) is 1. The highest BCUT2D eigenvalue weighted by Crippen LogP contribution is 2.20. The Morgan fingerprint density at radius 2 is 1.69 bits per heavy atom. The van der Waals surface area contributed by atoms with Gasteiger partial charge in [-0.25, -0.2) is 0 Å². The van der Waals surface area contributed by atoms with E-state index in [-0.39, 0.29) is 18.6 Å². The monoisotopic (exact) mass is 373 g/mol. The number of aryl methyl sites for hydroxylation is 3. The van der Waals surface area contributed by atoms with Gasteiger partial charge in [0.25, 0.3) is 5.91 Å². The zero-order valence-corrected chi connectivity index (χ0v) is 16.2. The fraction of sp³-hybridized carbons (Fsp3) is 0.350. The molecule has 0 bridgehead atoms. The summed E-state index contributed by atoms with van der Waals surface area (Å²) in [6.45, 7) is 7.24. The van der Waals surface area contributed by atoms with Crippen molar-refractivity contribution in [1.82, 2.24) is 0 Å². The van der Waals surface area contributed by atoms with E-state index in [1.807, 2.05) is 45.0 Å². The van der Waals surface area contributed by atoms with Gasteiger partial charge >= 0.3 is 5.97 Å². The first-order valence-corrected chi connectivity index (χ1v) is 9.25. The molecule has 1 unspecified atom stereocenters. The van der Waals surface area contributed by atoms with Gasteiger partial charge in [-0.2, -0.15) is 0 Å². The number of thiophene rings is 1. The zero-order chi connectivity index (χ0) is 19.3. The van der Waals surface area contributed by atoms with Crippen LogP contribution >= 0.6 is 11.3 Å². The third-order valence-electron chi connectivity index (χ3n) is 3.98. The number of para-hydroxylation sites is 1. The quantitative estimate of drug-likeness (QED) is 0.583.